The Morgan fingerprint density at radius 3 is 2.40 bits per heavy atom. The van der Waals surface area contributed by atoms with Crippen LogP contribution in [0.5, 0.6) is 5.75 Å². The van der Waals surface area contributed by atoms with Crippen LogP contribution in [0, 0.1) is 13.8 Å². The highest BCUT2D eigenvalue weighted by Crippen LogP contribution is 2.31. The molecule has 0 aliphatic rings. The molecule has 0 saturated carbocycles. The molecule has 0 fully saturated rings. The standard InChI is InChI=1S/C18H23NO/c1-13-10-14(2)18(17(11-13)20-4)16(19-3)12-15-8-6-5-7-9-15/h5-11,16,19H,12H2,1-4H3. The average molecular weight is 269 g/mol. The van der Waals surface area contributed by atoms with E-state index in [1.807, 2.05) is 7.05 Å². The van der Waals surface area contributed by atoms with Gasteiger partial charge in [-0.05, 0) is 50.1 Å². The Bertz CT molecular complexity index is 563. The predicted octanol–water partition coefficient (Wildman–Crippen LogP) is 3.82. The summed E-state index contributed by atoms with van der Waals surface area (Å²) in [6, 6.07) is 15.1. The molecule has 0 saturated heterocycles. The molecule has 2 heteroatoms. The lowest BCUT2D eigenvalue weighted by molar-refractivity contribution is 0.400. The normalized spacial score (nSPS) is 12.2. The van der Waals surface area contributed by atoms with Crippen LogP contribution in [0.25, 0.3) is 0 Å². The van der Waals surface area contributed by atoms with Gasteiger partial charge in [-0.25, -0.2) is 0 Å². The van der Waals surface area contributed by atoms with Crippen molar-refractivity contribution in [2.45, 2.75) is 26.3 Å². The minimum Gasteiger partial charge on any atom is -0.496 e. The maximum absolute atomic E-state index is 5.59. The van der Waals surface area contributed by atoms with Crippen LogP contribution in [0.2, 0.25) is 0 Å². The van der Waals surface area contributed by atoms with Gasteiger partial charge in [-0.3, -0.25) is 0 Å². The summed E-state index contributed by atoms with van der Waals surface area (Å²) in [5, 5.41) is 3.42. The Morgan fingerprint density at radius 1 is 1.10 bits per heavy atom. The van der Waals surface area contributed by atoms with Crippen molar-refractivity contribution < 1.29 is 4.74 Å². The summed E-state index contributed by atoms with van der Waals surface area (Å²) in [5.74, 6) is 0.970. The van der Waals surface area contributed by atoms with E-state index in [0.717, 1.165) is 12.2 Å². The number of methoxy groups -OCH3 is 1. The van der Waals surface area contributed by atoms with E-state index in [1.54, 1.807) is 7.11 Å². The summed E-state index contributed by atoms with van der Waals surface area (Å²) in [6.45, 7) is 4.26. The van der Waals surface area contributed by atoms with Gasteiger partial charge in [-0.2, -0.15) is 0 Å². The van der Waals surface area contributed by atoms with Crippen molar-refractivity contribution in [2.24, 2.45) is 0 Å². The van der Waals surface area contributed by atoms with Crippen LogP contribution in [0.1, 0.15) is 28.3 Å². The molecule has 0 aliphatic carbocycles. The smallest absolute Gasteiger partial charge is 0.124 e. The summed E-state index contributed by atoms with van der Waals surface area (Å²) < 4.78 is 5.59. The first-order valence-corrected chi connectivity index (χ1v) is 7.02. The molecule has 0 aliphatic heterocycles. The van der Waals surface area contributed by atoms with E-state index in [9.17, 15) is 0 Å². The van der Waals surface area contributed by atoms with Crippen molar-refractivity contribution in [2.75, 3.05) is 14.2 Å². The van der Waals surface area contributed by atoms with Crippen LogP contribution in [0.4, 0.5) is 0 Å². The van der Waals surface area contributed by atoms with Gasteiger partial charge in [0.1, 0.15) is 5.75 Å². The minimum atomic E-state index is 0.257. The van der Waals surface area contributed by atoms with E-state index < -0.39 is 0 Å². The molecular weight excluding hydrogens is 246 g/mol. The Labute approximate surface area is 121 Å². The lowest BCUT2D eigenvalue weighted by Crippen LogP contribution is -2.20. The molecular formula is C18H23NO. The molecule has 1 unspecified atom stereocenters. The van der Waals surface area contributed by atoms with Crippen molar-refractivity contribution in [1.29, 1.82) is 0 Å². The average Bonchev–Trinajstić information content (AvgIpc) is 2.45. The number of nitrogens with one attached hydrogen (secondary N) is 1. The van der Waals surface area contributed by atoms with E-state index >= 15 is 0 Å². The van der Waals surface area contributed by atoms with Crippen LogP contribution in [0.3, 0.4) is 0 Å². The number of rotatable bonds is 5. The van der Waals surface area contributed by atoms with Crippen molar-refractivity contribution >= 4 is 0 Å². The highest BCUT2D eigenvalue weighted by Gasteiger charge is 2.18. The van der Waals surface area contributed by atoms with Gasteiger partial charge < -0.3 is 10.1 Å². The maximum atomic E-state index is 5.59. The molecule has 1 N–H and O–H groups in total. The zero-order valence-corrected chi connectivity index (χ0v) is 12.7. The van der Waals surface area contributed by atoms with Gasteiger partial charge in [0.05, 0.1) is 7.11 Å². The topological polar surface area (TPSA) is 21.3 Å². The lowest BCUT2D eigenvalue weighted by Gasteiger charge is -2.22. The number of likely N-dealkylation sites (N-methyl/N-ethyl adjacent to an activating group) is 1. The van der Waals surface area contributed by atoms with Gasteiger partial charge in [0.25, 0.3) is 0 Å². The monoisotopic (exact) mass is 269 g/mol. The first-order valence-electron chi connectivity index (χ1n) is 7.02. The van der Waals surface area contributed by atoms with Gasteiger partial charge in [0, 0.05) is 11.6 Å². The molecule has 0 aromatic heterocycles. The fourth-order valence-corrected chi connectivity index (χ4v) is 2.75. The van der Waals surface area contributed by atoms with E-state index in [2.05, 4.69) is 61.6 Å². The number of ether oxygens (including phenoxy) is 1. The fourth-order valence-electron chi connectivity index (χ4n) is 2.75. The molecule has 1 atom stereocenters. The third kappa shape index (κ3) is 3.20. The molecule has 20 heavy (non-hydrogen) atoms. The Balaban J connectivity index is 2.37. The molecule has 106 valence electrons. The first kappa shape index (κ1) is 14.6. The summed E-state index contributed by atoms with van der Waals surface area (Å²) in [5.41, 5.74) is 5.09. The number of hydrogen-bond acceptors (Lipinski definition) is 2. The van der Waals surface area contributed by atoms with Crippen molar-refractivity contribution in [3.63, 3.8) is 0 Å². The summed E-state index contributed by atoms with van der Waals surface area (Å²) in [6.07, 6.45) is 0.956. The van der Waals surface area contributed by atoms with Crippen LogP contribution in [-0.4, -0.2) is 14.2 Å². The first-order chi connectivity index (χ1) is 9.65. The second-order valence-corrected chi connectivity index (χ2v) is 5.23. The van der Waals surface area contributed by atoms with Crippen LogP contribution >= 0.6 is 0 Å². The number of hydrogen-bond donors (Lipinski definition) is 1. The zero-order valence-electron chi connectivity index (χ0n) is 12.7. The molecule has 0 radical (unpaired) electrons. The molecule has 2 rings (SSSR count). The van der Waals surface area contributed by atoms with Crippen molar-refractivity contribution in [1.82, 2.24) is 5.32 Å². The molecule has 2 aromatic carbocycles. The van der Waals surface area contributed by atoms with Crippen molar-refractivity contribution in [3.8, 4) is 5.75 Å². The Morgan fingerprint density at radius 2 is 1.80 bits per heavy atom. The highest BCUT2D eigenvalue weighted by atomic mass is 16.5. The highest BCUT2D eigenvalue weighted by molar-refractivity contribution is 5.45. The van der Waals surface area contributed by atoms with Gasteiger partial charge >= 0.3 is 0 Å². The number of aryl methyl sites for hydroxylation is 2. The van der Waals surface area contributed by atoms with Gasteiger partial charge in [0.2, 0.25) is 0 Å². The van der Waals surface area contributed by atoms with E-state index in [-0.39, 0.29) is 6.04 Å². The fraction of sp³-hybridized carbons (Fsp3) is 0.333. The molecule has 0 spiro atoms. The quantitative estimate of drug-likeness (QED) is 0.891. The van der Waals surface area contributed by atoms with Gasteiger partial charge in [-0.15, -0.1) is 0 Å². The van der Waals surface area contributed by atoms with Crippen LogP contribution in [-0.2, 0) is 6.42 Å². The van der Waals surface area contributed by atoms with Gasteiger partial charge in [0.15, 0.2) is 0 Å². The summed E-state index contributed by atoms with van der Waals surface area (Å²) in [7, 11) is 3.75. The van der Waals surface area contributed by atoms with Gasteiger partial charge in [-0.1, -0.05) is 36.4 Å². The molecule has 0 heterocycles. The van der Waals surface area contributed by atoms with Crippen molar-refractivity contribution in [3.05, 3.63) is 64.7 Å². The van der Waals surface area contributed by atoms with Crippen LogP contribution in [0.15, 0.2) is 42.5 Å². The lowest BCUT2D eigenvalue weighted by atomic mass is 9.93. The zero-order chi connectivity index (χ0) is 14.5. The Kier molecular flexibility index (Phi) is 4.80. The second-order valence-electron chi connectivity index (χ2n) is 5.23. The minimum absolute atomic E-state index is 0.257. The number of benzene rings is 2. The molecule has 0 bridgehead atoms. The SMILES string of the molecule is CNC(Cc1ccccc1)c1c(C)cc(C)cc1OC. The van der Waals surface area contributed by atoms with E-state index in [0.29, 0.717) is 0 Å². The third-order valence-electron chi connectivity index (χ3n) is 3.69. The van der Waals surface area contributed by atoms with Crippen LogP contribution < -0.4 is 10.1 Å². The molecule has 2 aromatic rings. The molecule has 0 amide bonds. The third-order valence-corrected chi connectivity index (χ3v) is 3.69. The van der Waals surface area contributed by atoms with E-state index in [4.69, 9.17) is 4.74 Å². The summed E-state index contributed by atoms with van der Waals surface area (Å²) >= 11 is 0. The second kappa shape index (κ2) is 6.58. The Hall–Kier alpha value is -1.80. The largest absolute Gasteiger partial charge is 0.496 e. The van der Waals surface area contributed by atoms with E-state index in [1.165, 1.54) is 22.3 Å². The summed E-state index contributed by atoms with van der Waals surface area (Å²) in [4.78, 5) is 0. The predicted molar refractivity (Wildman–Crippen MR) is 84.4 cm³/mol. The molecule has 2 nitrogen and oxygen atoms in total. The maximum Gasteiger partial charge on any atom is 0.124 e.